The fraction of sp³-hybridized carbons (Fsp3) is 0.235. The van der Waals surface area contributed by atoms with Gasteiger partial charge in [0.2, 0.25) is 0 Å². The zero-order chi connectivity index (χ0) is 17.4. The van der Waals surface area contributed by atoms with Gasteiger partial charge < -0.3 is 9.51 Å². The monoisotopic (exact) mass is 333 g/mol. The zero-order valence-electron chi connectivity index (χ0n) is 13.8. The van der Waals surface area contributed by atoms with Crippen molar-refractivity contribution in [2.45, 2.75) is 26.3 Å². The molecule has 0 fully saturated rings. The number of nitrogens with one attached hydrogen (secondary N) is 1. The molecule has 8 heteroatoms. The van der Waals surface area contributed by atoms with Gasteiger partial charge in [0.15, 0.2) is 0 Å². The molecule has 124 valence electrons. The first-order valence-electron chi connectivity index (χ1n) is 7.81. The van der Waals surface area contributed by atoms with Crippen molar-refractivity contribution < 1.29 is 4.52 Å². The molecule has 8 nitrogen and oxygen atoms in total. The van der Waals surface area contributed by atoms with Crippen LogP contribution in [0, 0.1) is 25.2 Å². The Bertz CT molecular complexity index is 1060. The van der Waals surface area contributed by atoms with Crippen molar-refractivity contribution in [3.63, 3.8) is 0 Å². The summed E-state index contributed by atoms with van der Waals surface area (Å²) in [4.78, 5) is 11.7. The Kier molecular flexibility index (Phi) is 3.54. The van der Waals surface area contributed by atoms with E-state index < -0.39 is 0 Å². The van der Waals surface area contributed by atoms with Crippen LogP contribution >= 0.6 is 0 Å². The van der Waals surface area contributed by atoms with Gasteiger partial charge in [-0.15, -0.1) is 0 Å². The molecule has 4 rings (SSSR count). The molecule has 0 spiro atoms. The summed E-state index contributed by atoms with van der Waals surface area (Å²) in [6.07, 6.45) is 7.26. The smallest absolute Gasteiger partial charge is 0.141 e. The number of H-pyrrole nitrogens is 1. The quantitative estimate of drug-likeness (QED) is 0.615. The molecule has 4 aromatic rings. The average molecular weight is 333 g/mol. The van der Waals surface area contributed by atoms with Crippen molar-refractivity contribution >= 4 is 11.0 Å². The lowest BCUT2D eigenvalue weighted by molar-refractivity contribution is 0.389. The van der Waals surface area contributed by atoms with Crippen LogP contribution in [-0.4, -0.2) is 29.9 Å². The van der Waals surface area contributed by atoms with Gasteiger partial charge in [0.05, 0.1) is 36.1 Å². The minimum absolute atomic E-state index is 0.256. The summed E-state index contributed by atoms with van der Waals surface area (Å²) in [5.41, 5.74) is 4.10. The van der Waals surface area contributed by atoms with Gasteiger partial charge >= 0.3 is 0 Å². The van der Waals surface area contributed by atoms with E-state index in [1.807, 2.05) is 32.3 Å². The number of hydrogen-bond acceptors (Lipinski definition) is 6. The largest absolute Gasteiger partial charge is 0.361 e. The second kappa shape index (κ2) is 5.87. The Morgan fingerprint density at radius 2 is 2.24 bits per heavy atom. The number of aromatic amines is 1. The van der Waals surface area contributed by atoms with Gasteiger partial charge in [0.1, 0.15) is 17.7 Å². The van der Waals surface area contributed by atoms with Gasteiger partial charge in [-0.2, -0.15) is 10.4 Å². The molecule has 1 atom stereocenters. The van der Waals surface area contributed by atoms with Crippen molar-refractivity contribution in [2.75, 3.05) is 0 Å². The summed E-state index contributed by atoms with van der Waals surface area (Å²) in [5, 5.41) is 18.6. The summed E-state index contributed by atoms with van der Waals surface area (Å²) in [7, 11) is 0. The van der Waals surface area contributed by atoms with E-state index in [0.717, 1.165) is 33.5 Å². The van der Waals surface area contributed by atoms with Gasteiger partial charge in [-0.05, 0) is 19.9 Å². The van der Waals surface area contributed by atoms with E-state index in [1.54, 1.807) is 10.9 Å². The van der Waals surface area contributed by atoms with Crippen LogP contribution in [0.5, 0.6) is 0 Å². The summed E-state index contributed by atoms with van der Waals surface area (Å²) < 4.78 is 7.03. The number of fused-ring (bicyclic) bond motifs is 1. The molecule has 1 N–H and O–H groups in total. The highest BCUT2D eigenvalue weighted by molar-refractivity contribution is 5.89. The number of aryl methyl sites for hydroxylation is 2. The Morgan fingerprint density at radius 1 is 1.36 bits per heavy atom. The molecular formula is C17H15N7O. The number of aromatic nitrogens is 6. The number of hydrogen-bond donors (Lipinski definition) is 1. The molecule has 0 amide bonds. The third-order valence-electron chi connectivity index (χ3n) is 4.25. The normalized spacial score (nSPS) is 12.4. The van der Waals surface area contributed by atoms with Gasteiger partial charge in [0, 0.05) is 28.9 Å². The van der Waals surface area contributed by atoms with Gasteiger partial charge in [-0.25, -0.2) is 9.97 Å². The Morgan fingerprint density at radius 3 is 3.00 bits per heavy atom. The minimum atomic E-state index is -0.256. The first kappa shape index (κ1) is 15.1. The van der Waals surface area contributed by atoms with E-state index >= 15 is 0 Å². The van der Waals surface area contributed by atoms with E-state index in [2.05, 4.69) is 31.3 Å². The molecule has 0 radical (unpaired) electrons. The fourth-order valence-electron chi connectivity index (χ4n) is 3.11. The summed E-state index contributed by atoms with van der Waals surface area (Å²) in [6.45, 7) is 3.71. The third-order valence-corrected chi connectivity index (χ3v) is 4.25. The Labute approximate surface area is 143 Å². The van der Waals surface area contributed by atoms with Crippen LogP contribution in [0.4, 0.5) is 0 Å². The molecule has 1 unspecified atom stereocenters. The second-order valence-corrected chi connectivity index (χ2v) is 5.79. The molecular weight excluding hydrogens is 318 g/mol. The summed E-state index contributed by atoms with van der Waals surface area (Å²) >= 11 is 0. The lowest BCUT2D eigenvalue weighted by atomic mass is 10.0. The standard InChI is InChI=1S/C17H15N7O/c1-10-15(11(2)25-23-10)14(3-5-18)24-8-12(7-22-24)16-13-4-6-19-17(13)21-9-20-16/h4,6-9,14H,3H2,1-2H3,(H,19,20,21). The van der Waals surface area contributed by atoms with Crippen molar-refractivity contribution in [3.8, 4) is 17.3 Å². The van der Waals surface area contributed by atoms with Crippen LogP contribution in [0.15, 0.2) is 35.5 Å². The second-order valence-electron chi connectivity index (χ2n) is 5.79. The highest BCUT2D eigenvalue weighted by atomic mass is 16.5. The molecule has 4 aromatic heterocycles. The molecule has 0 aliphatic carbocycles. The number of nitriles is 1. The fourth-order valence-corrected chi connectivity index (χ4v) is 3.11. The molecule has 4 heterocycles. The van der Waals surface area contributed by atoms with Crippen LogP contribution in [0.25, 0.3) is 22.3 Å². The summed E-state index contributed by atoms with van der Waals surface area (Å²) in [6, 6.07) is 3.90. The van der Waals surface area contributed by atoms with Crippen LogP contribution in [0.3, 0.4) is 0 Å². The van der Waals surface area contributed by atoms with Crippen molar-refractivity contribution in [1.29, 1.82) is 5.26 Å². The molecule has 0 aromatic carbocycles. The highest BCUT2D eigenvalue weighted by Crippen LogP contribution is 2.30. The Hall–Kier alpha value is -3.47. The maximum atomic E-state index is 9.25. The van der Waals surface area contributed by atoms with Gasteiger partial charge in [0.25, 0.3) is 0 Å². The predicted molar refractivity (Wildman–Crippen MR) is 89.5 cm³/mol. The summed E-state index contributed by atoms with van der Waals surface area (Å²) in [5.74, 6) is 0.699. The first-order valence-corrected chi connectivity index (χ1v) is 7.81. The highest BCUT2D eigenvalue weighted by Gasteiger charge is 2.23. The minimum Gasteiger partial charge on any atom is -0.361 e. The van der Waals surface area contributed by atoms with Crippen LogP contribution in [-0.2, 0) is 0 Å². The molecule has 25 heavy (non-hydrogen) atoms. The predicted octanol–water partition coefficient (Wildman–Crippen LogP) is 2.93. The van der Waals surface area contributed by atoms with Crippen molar-refractivity contribution in [2.24, 2.45) is 0 Å². The van der Waals surface area contributed by atoms with Gasteiger partial charge in [-0.3, -0.25) is 4.68 Å². The lowest BCUT2D eigenvalue weighted by Gasteiger charge is -2.14. The zero-order valence-corrected chi connectivity index (χ0v) is 13.8. The van der Waals surface area contributed by atoms with Crippen LogP contribution < -0.4 is 0 Å². The van der Waals surface area contributed by atoms with Crippen LogP contribution in [0.2, 0.25) is 0 Å². The van der Waals surface area contributed by atoms with E-state index in [-0.39, 0.29) is 12.5 Å². The Balaban J connectivity index is 1.79. The topological polar surface area (TPSA) is 109 Å². The average Bonchev–Trinajstić information content (AvgIpc) is 3.33. The third kappa shape index (κ3) is 2.46. The van der Waals surface area contributed by atoms with E-state index in [4.69, 9.17) is 4.52 Å². The van der Waals surface area contributed by atoms with Gasteiger partial charge in [-0.1, -0.05) is 5.16 Å². The SMILES string of the molecule is Cc1noc(C)c1C(CC#N)n1cc(-c2ncnc3[nH]ccc23)cn1. The van der Waals surface area contributed by atoms with Crippen molar-refractivity contribution in [1.82, 2.24) is 29.9 Å². The van der Waals surface area contributed by atoms with E-state index in [9.17, 15) is 5.26 Å². The van der Waals surface area contributed by atoms with E-state index in [1.165, 1.54) is 6.33 Å². The lowest BCUT2D eigenvalue weighted by Crippen LogP contribution is -2.12. The molecule has 0 saturated heterocycles. The maximum Gasteiger partial charge on any atom is 0.141 e. The molecule has 0 saturated carbocycles. The molecule has 0 bridgehead atoms. The first-order chi connectivity index (χ1) is 12.2. The van der Waals surface area contributed by atoms with Crippen molar-refractivity contribution in [3.05, 3.63) is 48.0 Å². The van der Waals surface area contributed by atoms with E-state index in [0.29, 0.717) is 5.76 Å². The molecule has 0 aliphatic heterocycles. The maximum absolute atomic E-state index is 9.25. The molecule has 0 aliphatic rings. The number of rotatable bonds is 4. The van der Waals surface area contributed by atoms with Crippen LogP contribution in [0.1, 0.15) is 29.5 Å². The number of nitrogens with zero attached hydrogens (tertiary/aromatic N) is 6.